The molecule has 4 heteroatoms. The average molecular weight is 317 g/mol. The predicted molar refractivity (Wildman–Crippen MR) is 88.6 cm³/mol. The molecule has 0 bridgehead atoms. The molecular formula is C20H15NO3. The van der Waals surface area contributed by atoms with Crippen molar-refractivity contribution >= 4 is 5.97 Å². The predicted octanol–water partition coefficient (Wildman–Crippen LogP) is 3.47. The van der Waals surface area contributed by atoms with Crippen LogP contribution in [0.5, 0.6) is 0 Å². The number of rotatable bonds is 3. The average Bonchev–Trinajstić information content (AvgIpc) is 2.64. The van der Waals surface area contributed by atoms with E-state index in [1.54, 1.807) is 48.5 Å². The molecule has 118 valence electrons. The number of hydrogen-bond donors (Lipinski definition) is 1. The number of carbonyl (C=O) groups excluding carboxylic acids is 1. The molecule has 0 saturated carbocycles. The van der Waals surface area contributed by atoms with Crippen molar-refractivity contribution in [1.29, 1.82) is 5.26 Å². The van der Waals surface area contributed by atoms with Crippen molar-refractivity contribution in [1.82, 2.24) is 0 Å². The molecule has 1 aliphatic carbocycles. The molecule has 4 nitrogen and oxygen atoms in total. The Labute approximate surface area is 139 Å². The lowest BCUT2D eigenvalue weighted by atomic mass is 9.83. The minimum absolute atomic E-state index is 0.0570. The summed E-state index contributed by atoms with van der Waals surface area (Å²) in [4.78, 5) is 12.1. The van der Waals surface area contributed by atoms with E-state index in [4.69, 9.17) is 4.74 Å². The summed E-state index contributed by atoms with van der Waals surface area (Å²) in [7, 11) is 0. The van der Waals surface area contributed by atoms with Crippen molar-refractivity contribution in [3.05, 3.63) is 95.3 Å². The minimum atomic E-state index is -1.28. The van der Waals surface area contributed by atoms with Crippen molar-refractivity contribution < 1.29 is 14.6 Å². The third kappa shape index (κ3) is 3.12. The van der Waals surface area contributed by atoms with Gasteiger partial charge in [-0.3, -0.25) is 0 Å². The van der Waals surface area contributed by atoms with Crippen LogP contribution in [0.4, 0.5) is 0 Å². The van der Waals surface area contributed by atoms with E-state index in [-0.39, 0.29) is 17.8 Å². The minimum Gasteiger partial charge on any atom is -0.422 e. The summed E-state index contributed by atoms with van der Waals surface area (Å²) >= 11 is 0. The van der Waals surface area contributed by atoms with E-state index in [0.29, 0.717) is 11.1 Å². The molecule has 3 rings (SSSR count). The van der Waals surface area contributed by atoms with Crippen LogP contribution in [0.15, 0.2) is 84.1 Å². The second kappa shape index (κ2) is 6.53. The fourth-order valence-corrected chi connectivity index (χ4v) is 2.58. The van der Waals surface area contributed by atoms with E-state index in [9.17, 15) is 15.2 Å². The molecule has 2 aromatic carbocycles. The molecule has 2 aromatic rings. The molecule has 1 N–H and O–H groups in total. The van der Waals surface area contributed by atoms with Crippen LogP contribution in [0, 0.1) is 11.3 Å². The van der Waals surface area contributed by atoms with Gasteiger partial charge in [0.2, 0.25) is 0 Å². The van der Waals surface area contributed by atoms with E-state index in [0.717, 1.165) is 0 Å². The monoisotopic (exact) mass is 317 g/mol. The fraction of sp³-hybridized carbons (Fsp3) is 0.100. The highest BCUT2D eigenvalue weighted by atomic mass is 16.5. The maximum absolute atomic E-state index is 12.1. The van der Waals surface area contributed by atoms with Crippen LogP contribution in [-0.2, 0) is 10.3 Å². The molecule has 24 heavy (non-hydrogen) atoms. The second-order valence-electron chi connectivity index (χ2n) is 5.51. The van der Waals surface area contributed by atoms with Gasteiger partial charge in [-0.2, -0.15) is 5.26 Å². The molecule has 1 unspecified atom stereocenters. The van der Waals surface area contributed by atoms with Crippen LogP contribution in [0.25, 0.3) is 0 Å². The smallest absolute Gasteiger partial charge is 0.343 e. The molecule has 0 aliphatic heterocycles. The Morgan fingerprint density at radius 2 is 1.71 bits per heavy atom. The lowest BCUT2D eigenvalue weighted by molar-refractivity contribution is 0.0600. The van der Waals surface area contributed by atoms with Gasteiger partial charge in [-0.25, -0.2) is 4.79 Å². The highest BCUT2D eigenvalue weighted by Crippen LogP contribution is 2.35. The quantitative estimate of drug-likeness (QED) is 0.880. The van der Waals surface area contributed by atoms with Gasteiger partial charge in [0.1, 0.15) is 11.4 Å². The summed E-state index contributed by atoms with van der Waals surface area (Å²) in [6.07, 6.45) is 3.09. The molecule has 0 saturated heterocycles. The number of allylic oxidation sites excluding steroid dienone is 1. The Kier molecular flexibility index (Phi) is 4.28. The molecule has 0 aromatic heterocycles. The van der Waals surface area contributed by atoms with Gasteiger partial charge in [-0.1, -0.05) is 48.5 Å². The normalized spacial score (nSPS) is 19.7. The molecule has 0 radical (unpaired) electrons. The van der Waals surface area contributed by atoms with Crippen molar-refractivity contribution in [2.45, 2.75) is 12.0 Å². The van der Waals surface area contributed by atoms with Gasteiger partial charge in [0, 0.05) is 6.42 Å². The molecule has 0 amide bonds. The zero-order chi connectivity index (χ0) is 17.0. The SMILES string of the molecule is N#CC1=C(OC(=O)c2ccccc2)C=CC(O)(c2ccccc2)C1. The lowest BCUT2D eigenvalue weighted by Gasteiger charge is -2.28. The summed E-state index contributed by atoms with van der Waals surface area (Å²) in [6.45, 7) is 0. The van der Waals surface area contributed by atoms with E-state index < -0.39 is 11.6 Å². The van der Waals surface area contributed by atoms with Crippen LogP contribution in [0.3, 0.4) is 0 Å². The van der Waals surface area contributed by atoms with E-state index >= 15 is 0 Å². The Morgan fingerprint density at radius 3 is 2.33 bits per heavy atom. The van der Waals surface area contributed by atoms with Crippen molar-refractivity contribution in [3.8, 4) is 6.07 Å². The van der Waals surface area contributed by atoms with Crippen LogP contribution in [0.1, 0.15) is 22.3 Å². The first-order valence-electron chi connectivity index (χ1n) is 7.50. The second-order valence-corrected chi connectivity index (χ2v) is 5.51. The van der Waals surface area contributed by atoms with Crippen LogP contribution >= 0.6 is 0 Å². The van der Waals surface area contributed by atoms with Gasteiger partial charge in [0.05, 0.1) is 17.2 Å². The summed E-state index contributed by atoms with van der Waals surface area (Å²) in [5.74, 6) is -0.361. The zero-order valence-electron chi connectivity index (χ0n) is 12.8. The summed E-state index contributed by atoms with van der Waals surface area (Å²) in [6, 6.07) is 19.7. The van der Waals surface area contributed by atoms with Crippen LogP contribution < -0.4 is 0 Å². The number of nitrogens with zero attached hydrogens (tertiary/aromatic N) is 1. The Balaban J connectivity index is 1.84. The molecule has 1 aliphatic rings. The summed E-state index contributed by atoms with van der Waals surface area (Å²) < 4.78 is 5.33. The van der Waals surface area contributed by atoms with Crippen molar-refractivity contribution in [3.63, 3.8) is 0 Å². The Morgan fingerprint density at radius 1 is 1.08 bits per heavy atom. The van der Waals surface area contributed by atoms with Gasteiger partial charge in [-0.05, 0) is 29.8 Å². The Bertz CT molecular complexity index is 847. The van der Waals surface area contributed by atoms with Crippen LogP contribution in [-0.4, -0.2) is 11.1 Å². The first-order chi connectivity index (χ1) is 11.6. The topological polar surface area (TPSA) is 70.3 Å². The molecule has 0 heterocycles. The van der Waals surface area contributed by atoms with Gasteiger partial charge < -0.3 is 9.84 Å². The molecular weight excluding hydrogens is 302 g/mol. The number of hydrogen-bond acceptors (Lipinski definition) is 4. The largest absolute Gasteiger partial charge is 0.422 e. The van der Waals surface area contributed by atoms with Gasteiger partial charge in [0.15, 0.2) is 0 Å². The Hall–Kier alpha value is -3.16. The highest BCUT2D eigenvalue weighted by molar-refractivity contribution is 5.90. The van der Waals surface area contributed by atoms with E-state index in [2.05, 4.69) is 0 Å². The third-order valence-corrected chi connectivity index (χ3v) is 3.87. The summed E-state index contributed by atoms with van der Waals surface area (Å²) in [5, 5.41) is 20.2. The maximum Gasteiger partial charge on any atom is 0.343 e. The zero-order valence-corrected chi connectivity index (χ0v) is 12.8. The molecule has 0 fully saturated rings. The van der Waals surface area contributed by atoms with Crippen molar-refractivity contribution in [2.24, 2.45) is 0 Å². The molecule has 0 spiro atoms. The third-order valence-electron chi connectivity index (χ3n) is 3.87. The first-order valence-corrected chi connectivity index (χ1v) is 7.50. The number of ether oxygens (including phenoxy) is 1. The van der Waals surface area contributed by atoms with E-state index in [1.165, 1.54) is 6.08 Å². The number of benzene rings is 2. The standard InChI is InChI=1S/C20H15NO3/c21-14-16-13-20(23,17-9-5-2-6-10-17)12-11-18(16)24-19(22)15-7-3-1-4-8-15/h1-12,23H,13H2. The molecule has 1 atom stereocenters. The number of carbonyl (C=O) groups is 1. The number of nitriles is 1. The number of aliphatic hydroxyl groups is 1. The highest BCUT2D eigenvalue weighted by Gasteiger charge is 2.32. The van der Waals surface area contributed by atoms with Crippen molar-refractivity contribution in [2.75, 3.05) is 0 Å². The first kappa shape index (κ1) is 15.7. The maximum atomic E-state index is 12.1. The van der Waals surface area contributed by atoms with E-state index in [1.807, 2.05) is 24.3 Å². The number of esters is 1. The van der Waals surface area contributed by atoms with Gasteiger partial charge in [0.25, 0.3) is 0 Å². The van der Waals surface area contributed by atoms with Gasteiger partial charge >= 0.3 is 5.97 Å². The lowest BCUT2D eigenvalue weighted by Crippen LogP contribution is -2.26. The van der Waals surface area contributed by atoms with Crippen LogP contribution in [0.2, 0.25) is 0 Å². The van der Waals surface area contributed by atoms with Gasteiger partial charge in [-0.15, -0.1) is 0 Å². The fourth-order valence-electron chi connectivity index (χ4n) is 2.58. The summed E-state index contributed by atoms with van der Waals surface area (Å²) in [5.41, 5.74) is 0.0322.